The maximum atomic E-state index is 12.9. The Morgan fingerprint density at radius 1 is 1.25 bits per heavy atom. The summed E-state index contributed by atoms with van der Waals surface area (Å²) in [5, 5.41) is 3.04. The van der Waals surface area contributed by atoms with Gasteiger partial charge in [0.2, 0.25) is 15.9 Å². The number of methoxy groups -OCH3 is 1. The first-order valence-corrected chi connectivity index (χ1v) is 10.4. The van der Waals surface area contributed by atoms with Crippen LogP contribution in [0.15, 0.2) is 47.4 Å². The lowest BCUT2D eigenvalue weighted by molar-refractivity contribution is -0.117. The van der Waals surface area contributed by atoms with Gasteiger partial charge in [0, 0.05) is 25.8 Å². The Bertz CT molecular complexity index is 989. The van der Waals surface area contributed by atoms with Gasteiger partial charge < -0.3 is 15.0 Å². The summed E-state index contributed by atoms with van der Waals surface area (Å²) >= 11 is 0. The standard InChI is InChI=1S/C20H25N3O4S/c1-14-11-15-7-5-6-8-18(15)23(14)20(24)13-21-17-12-16(9-10-19(17)27-4)28(25,26)22(2)3/h5-10,12,14,21H,11,13H2,1-4H3. The van der Waals surface area contributed by atoms with Crippen LogP contribution < -0.4 is 15.0 Å². The predicted molar refractivity (Wildman–Crippen MR) is 109 cm³/mol. The molecule has 7 nitrogen and oxygen atoms in total. The number of fused-ring (bicyclic) bond motifs is 1. The van der Waals surface area contributed by atoms with Crippen molar-refractivity contribution in [2.24, 2.45) is 0 Å². The molecule has 1 heterocycles. The lowest BCUT2D eigenvalue weighted by Crippen LogP contribution is -2.39. The van der Waals surface area contributed by atoms with Gasteiger partial charge in [0.1, 0.15) is 5.75 Å². The molecule has 1 atom stereocenters. The van der Waals surface area contributed by atoms with Gasteiger partial charge in [-0.15, -0.1) is 0 Å². The van der Waals surface area contributed by atoms with E-state index in [1.54, 1.807) is 11.0 Å². The Kier molecular flexibility index (Phi) is 5.62. The van der Waals surface area contributed by atoms with Crippen LogP contribution in [-0.2, 0) is 21.2 Å². The molecule has 0 radical (unpaired) electrons. The van der Waals surface area contributed by atoms with Gasteiger partial charge >= 0.3 is 0 Å². The number of carbonyl (C=O) groups is 1. The molecule has 8 heteroatoms. The summed E-state index contributed by atoms with van der Waals surface area (Å²) in [4.78, 5) is 14.8. The molecule has 0 bridgehead atoms. The van der Waals surface area contributed by atoms with Crippen molar-refractivity contribution in [3.8, 4) is 5.75 Å². The number of nitrogens with zero attached hydrogens (tertiary/aromatic N) is 2. The average Bonchev–Trinajstić information content (AvgIpc) is 3.01. The number of nitrogens with one attached hydrogen (secondary N) is 1. The van der Waals surface area contributed by atoms with Crippen LogP contribution in [0.25, 0.3) is 0 Å². The second kappa shape index (κ2) is 7.81. The molecular weight excluding hydrogens is 378 g/mol. The monoisotopic (exact) mass is 403 g/mol. The van der Waals surface area contributed by atoms with Crippen molar-refractivity contribution < 1.29 is 17.9 Å². The molecule has 150 valence electrons. The molecule has 0 fully saturated rings. The third kappa shape index (κ3) is 3.70. The van der Waals surface area contributed by atoms with E-state index in [1.807, 2.05) is 31.2 Å². The van der Waals surface area contributed by atoms with E-state index in [4.69, 9.17) is 4.74 Å². The van der Waals surface area contributed by atoms with Gasteiger partial charge in [-0.3, -0.25) is 4.79 Å². The Balaban J connectivity index is 1.81. The number of hydrogen-bond acceptors (Lipinski definition) is 5. The number of para-hydroxylation sites is 1. The van der Waals surface area contributed by atoms with Crippen LogP contribution in [0.2, 0.25) is 0 Å². The maximum absolute atomic E-state index is 12.9. The Morgan fingerprint density at radius 2 is 1.96 bits per heavy atom. The van der Waals surface area contributed by atoms with E-state index in [0.717, 1.165) is 22.0 Å². The van der Waals surface area contributed by atoms with Crippen LogP contribution >= 0.6 is 0 Å². The number of carbonyl (C=O) groups excluding carboxylic acids is 1. The molecule has 3 rings (SSSR count). The highest BCUT2D eigenvalue weighted by molar-refractivity contribution is 7.89. The summed E-state index contributed by atoms with van der Waals surface area (Å²) in [6, 6.07) is 12.5. The maximum Gasteiger partial charge on any atom is 0.246 e. The van der Waals surface area contributed by atoms with Crippen LogP contribution in [0.5, 0.6) is 5.75 Å². The van der Waals surface area contributed by atoms with Crippen LogP contribution in [0.1, 0.15) is 12.5 Å². The first kappa shape index (κ1) is 20.2. The van der Waals surface area contributed by atoms with Crippen LogP contribution in [-0.4, -0.2) is 52.4 Å². The zero-order valence-electron chi connectivity index (χ0n) is 16.5. The second-order valence-electron chi connectivity index (χ2n) is 6.95. The van der Waals surface area contributed by atoms with Gasteiger partial charge in [-0.2, -0.15) is 0 Å². The second-order valence-corrected chi connectivity index (χ2v) is 9.10. The van der Waals surface area contributed by atoms with E-state index in [9.17, 15) is 13.2 Å². The molecule has 1 unspecified atom stereocenters. The number of hydrogen-bond donors (Lipinski definition) is 1. The van der Waals surface area contributed by atoms with Crippen molar-refractivity contribution in [2.45, 2.75) is 24.3 Å². The predicted octanol–water partition coefficient (Wildman–Crippen LogP) is 2.34. The van der Waals surface area contributed by atoms with Crippen molar-refractivity contribution in [3.63, 3.8) is 0 Å². The zero-order valence-corrected chi connectivity index (χ0v) is 17.3. The minimum absolute atomic E-state index is 0.0283. The van der Waals surface area contributed by atoms with E-state index >= 15 is 0 Å². The summed E-state index contributed by atoms with van der Waals surface area (Å²) in [6.07, 6.45) is 0.821. The van der Waals surface area contributed by atoms with Crippen molar-refractivity contribution in [3.05, 3.63) is 48.0 Å². The van der Waals surface area contributed by atoms with Crippen molar-refractivity contribution >= 4 is 27.3 Å². The van der Waals surface area contributed by atoms with Gasteiger partial charge in [-0.1, -0.05) is 18.2 Å². The first-order chi connectivity index (χ1) is 13.3. The highest BCUT2D eigenvalue weighted by Crippen LogP contribution is 2.32. The number of ether oxygens (including phenoxy) is 1. The highest BCUT2D eigenvalue weighted by atomic mass is 32.2. The van der Waals surface area contributed by atoms with Crippen molar-refractivity contribution in [1.82, 2.24) is 4.31 Å². The molecule has 1 aliphatic heterocycles. The molecule has 0 saturated carbocycles. The normalized spacial score (nSPS) is 16.2. The smallest absolute Gasteiger partial charge is 0.246 e. The van der Waals surface area contributed by atoms with Gasteiger partial charge in [0.25, 0.3) is 0 Å². The molecule has 2 aromatic rings. The van der Waals surface area contributed by atoms with Crippen molar-refractivity contribution in [1.29, 1.82) is 0 Å². The summed E-state index contributed by atoms with van der Waals surface area (Å²) in [6.45, 7) is 2.04. The zero-order chi connectivity index (χ0) is 20.5. The van der Waals surface area contributed by atoms with Crippen LogP contribution in [0.3, 0.4) is 0 Å². The third-order valence-electron chi connectivity index (χ3n) is 4.86. The van der Waals surface area contributed by atoms with E-state index in [-0.39, 0.29) is 23.4 Å². The molecule has 2 aromatic carbocycles. The highest BCUT2D eigenvalue weighted by Gasteiger charge is 2.30. The van der Waals surface area contributed by atoms with Crippen LogP contribution in [0, 0.1) is 0 Å². The van der Waals surface area contributed by atoms with Gasteiger partial charge in [0.05, 0.1) is 24.2 Å². The Morgan fingerprint density at radius 3 is 2.64 bits per heavy atom. The van der Waals surface area contributed by atoms with E-state index in [0.29, 0.717) is 11.4 Å². The SMILES string of the molecule is COc1ccc(S(=O)(=O)N(C)C)cc1NCC(=O)N1c2ccccc2CC1C. The van der Waals surface area contributed by atoms with Crippen LogP contribution in [0.4, 0.5) is 11.4 Å². The van der Waals surface area contributed by atoms with Crippen molar-refractivity contribution in [2.75, 3.05) is 38.0 Å². The lowest BCUT2D eigenvalue weighted by atomic mass is 10.1. The number of anilines is 2. The van der Waals surface area contributed by atoms with Gasteiger partial charge in [-0.05, 0) is 43.2 Å². The largest absolute Gasteiger partial charge is 0.495 e. The average molecular weight is 404 g/mol. The molecular formula is C20H25N3O4S. The molecule has 28 heavy (non-hydrogen) atoms. The molecule has 1 amide bonds. The van der Waals surface area contributed by atoms with E-state index < -0.39 is 10.0 Å². The number of rotatable bonds is 6. The Labute approximate surface area is 166 Å². The van der Waals surface area contributed by atoms with Gasteiger partial charge in [-0.25, -0.2) is 12.7 Å². The molecule has 0 spiro atoms. The van der Waals surface area contributed by atoms with Gasteiger partial charge in [0.15, 0.2) is 0 Å². The summed E-state index contributed by atoms with van der Waals surface area (Å²) in [7, 11) is 0.866. The summed E-state index contributed by atoms with van der Waals surface area (Å²) in [5.41, 5.74) is 2.54. The molecule has 0 aromatic heterocycles. The lowest BCUT2D eigenvalue weighted by Gasteiger charge is -2.23. The minimum atomic E-state index is -3.58. The molecule has 0 aliphatic carbocycles. The third-order valence-corrected chi connectivity index (χ3v) is 6.67. The number of benzene rings is 2. The summed E-state index contributed by atoms with van der Waals surface area (Å²) in [5.74, 6) is 0.390. The number of amides is 1. The Hall–Kier alpha value is -2.58. The topological polar surface area (TPSA) is 79.0 Å². The fourth-order valence-corrected chi connectivity index (χ4v) is 4.33. The minimum Gasteiger partial charge on any atom is -0.495 e. The fraction of sp³-hybridized carbons (Fsp3) is 0.350. The first-order valence-electron chi connectivity index (χ1n) is 9.00. The quantitative estimate of drug-likeness (QED) is 0.801. The van der Waals surface area contributed by atoms with E-state index in [2.05, 4.69) is 5.32 Å². The molecule has 1 aliphatic rings. The molecule has 1 N–H and O–H groups in total. The summed E-state index contributed by atoms with van der Waals surface area (Å²) < 4.78 is 31.2. The number of sulfonamides is 1. The fourth-order valence-electron chi connectivity index (χ4n) is 3.40. The van der Waals surface area contributed by atoms with E-state index in [1.165, 1.54) is 33.3 Å². The molecule has 0 saturated heterocycles.